The first kappa shape index (κ1) is 13.7. The second-order valence-corrected chi connectivity index (χ2v) is 5.02. The Labute approximate surface area is 125 Å². The van der Waals surface area contributed by atoms with Crippen LogP contribution in [-0.4, -0.2) is 15.2 Å². The molecule has 0 bridgehead atoms. The molecule has 0 amide bonds. The van der Waals surface area contributed by atoms with Crippen LogP contribution in [0.4, 0.5) is 4.39 Å². The fourth-order valence-corrected chi connectivity index (χ4v) is 2.19. The molecule has 0 aliphatic rings. The van der Waals surface area contributed by atoms with Crippen molar-refractivity contribution >= 4 is 11.6 Å². The Hall–Kier alpha value is -2.24. The highest BCUT2D eigenvalue weighted by Gasteiger charge is 2.15. The molecule has 1 atom stereocenters. The standard InChI is InChI=1S/C15H12ClFN4/c16-11-3-1-2-10(8-11)14-19-15(21-20-14)13(18)9-4-6-12(17)7-5-9/h1-8,13H,18H2,(H,19,20,21)/t13-/m0/s1. The number of halogens is 2. The van der Waals surface area contributed by atoms with Crippen molar-refractivity contribution < 1.29 is 4.39 Å². The van der Waals surface area contributed by atoms with E-state index in [0.29, 0.717) is 16.7 Å². The summed E-state index contributed by atoms with van der Waals surface area (Å²) in [4.78, 5) is 4.38. The summed E-state index contributed by atoms with van der Waals surface area (Å²) in [5.41, 5.74) is 7.66. The van der Waals surface area contributed by atoms with Crippen LogP contribution in [-0.2, 0) is 0 Å². The van der Waals surface area contributed by atoms with Gasteiger partial charge in [0.2, 0.25) is 0 Å². The molecule has 0 saturated carbocycles. The predicted octanol–water partition coefficient (Wildman–Crippen LogP) is 3.31. The molecular weight excluding hydrogens is 291 g/mol. The zero-order valence-corrected chi connectivity index (χ0v) is 11.7. The number of nitrogens with one attached hydrogen (secondary N) is 1. The van der Waals surface area contributed by atoms with Crippen molar-refractivity contribution in [2.75, 3.05) is 0 Å². The van der Waals surface area contributed by atoms with Crippen LogP contribution in [0.3, 0.4) is 0 Å². The highest BCUT2D eigenvalue weighted by Crippen LogP contribution is 2.22. The van der Waals surface area contributed by atoms with Crippen LogP contribution in [0.5, 0.6) is 0 Å². The fraction of sp³-hybridized carbons (Fsp3) is 0.0667. The maximum Gasteiger partial charge on any atom is 0.181 e. The Kier molecular flexibility index (Phi) is 3.68. The molecule has 0 aliphatic carbocycles. The number of nitrogens with two attached hydrogens (primary N) is 1. The first-order chi connectivity index (χ1) is 10.1. The topological polar surface area (TPSA) is 67.6 Å². The first-order valence-corrected chi connectivity index (χ1v) is 6.70. The molecule has 0 aliphatic heterocycles. The summed E-state index contributed by atoms with van der Waals surface area (Å²) in [6.07, 6.45) is 0. The van der Waals surface area contributed by atoms with Crippen molar-refractivity contribution in [1.82, 2.24) is 15.2 Å². The molecule has 21 heavy (non-hydrogen) atoms. The van der Waals surface area contributed by atoms with Crippen LogP contribution in [0.15, 0.2) is 48.5 Å². The van der Waals surface area contributed by atoms with Gasteiger partial charge in [0.25, 0.3) is 0 Å². The van der Waals surface area contributed by atoms with E-state index in [-0.39, 0.29) is 5.82 Å². The Morgan fingerprint density at radius 2 is 1.90 bits per heavy atom. The molecule has 6 heteroatoms. The van der Waals surface area contributed by atoms with E-state index < -0.39 is 6.04 Å². The van der Waals surface area contributed by atoms with Crippen molar-refractivity contribution in [3.05, 3.63) is 70.8 Å². The third-order valence-corrected chi connectivity index (χ3v) is 3.34. The fourth-order valence-electron chi connectivity index (χ4n) is 2.00. The smallest absolute Gasteiger partial charge is 0.181 e. The Morgan fingerprint density at radius 3 is 2.62 bits per heavy atom. The minimum atomic E-state index is -0.494. The van der Waals surface area contributed by atoms with Crippen molar-refractivity contribution in [3.8, 4) is 11.4 Å². The highest BCUT2D eigenvalue weighted by atomic mass is 35.5. The van der Waals surface area contributed by atoms with Crippen molar-refractivity contribution in [2.24, 2.45) is 5.73 Å². The van der Waals surface area contributed by atoms with Crippen LogP contribution in [0.2, 0.25) is 5.02 Å². The molecule has 1 aromatic heterocycles. The number of hydrogen-bond acceptors (Lipinski definition) is 3. The summed E-state index contributed by atoms with van der Waals surface area (Å²) in [6.45, 7) is 0. The minimum Gasteiger partial charge on any atom is -0.318 e. The van der Waals surface area contributed by atoms with E-state index in [9.17, 15) is 4.39 Å². The number of hydrogen-bond donors (Lipinski definition) is 2. The maximum atomic E-state index is 12.9. The number of rotatable bonds is 3. The summed E-state index contributed by atoms with van der Waals surface area (Å²) in [6, 6.07) is 12.7. The van der Waals surface area contributed by atoms with Crippen LogP contribution in [0, 0.1) is 5.82 Å². The van der Waals surface area contributed by atoms with Gasteiger partial charge in [-0.25, -0.2) is 9.37 Å². The van der Waals surface area contributed by atoms with E-state index in [4.69, 9.17) is 17.3 Å². The Balaban J connectivity index is 1.89. The van der Waals surface area contributed by atoms with E-state index in [1.807, 2.05) is 12.1 Å². The van der Waals surface area contributed by atoms with Gasteiger partial charge < -0.3 is 5.73 Å². The van der Waals surface area contributed by atoms with Gasteiger partial charge in [0, 0.05) is 10.6 Å². The molecule has 2 aromatic carbocycles. The zero-order valence-electron chi connectivity index (χ0n) is 10.9. The van der Waals surface area contributed by atoms with E-state index in [2.05, 4.69) is 15.2 Å². The lowest BCUT2D eigenvalue weighted by atomic mass is 10.1. The monoisotopic (exact) mass is 302 g/mol. The molecule has 106 valence electrons. The highest BCUT2D eigenvalue weighted by molar-refractivity contribution is 6.30. The number of nitrogens with zero attached hydrogens (tertiary/aromatic N) is 2. The van der Waals surface area contributed by atoms with Gasteiger partial charge in [-0.2, -0.15) is 5.10 Å². The van der Waals surface area contributed by atoms with Crippen LogP contribution < -0.4 is 5.73 Å². The maximum absolute atomic E-state index is 12.9. The molecule has 0 fully saturated rings. The van der Waals surface area contributed by atoms with E-state index in [0.717, 1.165) is 11.1 Å². The van der Waals surface area contributed by atoms with Gasteiger partial charge in [-0.1, -0.05) is 35.9 Å². The lowest BCUT2D eigenvalue weighted by Crippen LogP contribution is -2.13. The van der Waals surface area contributed by atoms with Gasteiger partial charge in [-0.05, 0) is 29.8 Å². The van der Waals surface area contributed by atoms with Gasteiger partial charge in [0.1, 0.15) is 11.6 Å². The Bertz CT molecular complexity index is 754. The van der Waals surface area contributed by atoms with Crippen LogP contribution in [0.25, 0.3) is 11.4 Å². The molecule has 3 aromatic rings. The second-order valence-electron chi connectivity index (χ2n) is 4.58. The SMILES string of the molecule is N[C@@H](c1ccc(F)cc1)c1nc(-c2cccc(Cl)c2)n[nH]1. The predicted molar refractivity (Wildman–Crippen MR) is 79.3 cm³/mol. The van der Waals surface area contributed by atoms with E-state index in [1.54, 1.807) is 24.3 Å². The quantitative estimate of drug-likeness (QED) is 0.780. The summed E-state index contributed by atoms with van der Waals surface area (Å²) in [7, 11) is 0. The largest absolute Gasteiger partial charge is 0.318 e. The first-order valence-electron chi connectivity index (χ1n) is 6.33. The molecular formula is C15H12ClFN4. The van der Waals surface area contributed by atoms with Crippen molar-refractivity contribution in [1.29, 1.82) is 0 Å². The summed E-state index contributed by atoms with van der Waals surface area (Å²) < 4.78 is 12.9. The molecule has 0 radical (unpaired) electrons. The number of aromatic amines is 1. The van der Waals surface area contributed by atoms with Crippen LogP contribution >= 0.6 is 11.6 Å². The molecule has 4 nitrogen and oxygen atoms in total. The Morgan fingerprint density at radius 1 is 1.14 bits per heavy atom. The third-order valence-electron chi connectivity index (χ3n) is 3.11. The average molecular weight is 303 g/mol. The summed E-state index contributed by atoms with van der Waals surface area (Å²) in [5.74, 6) is 0.727. The van der Waals surface area contributed by atoms with Gasteiger partial charge in [0.05, 0.1) is 6.04 Å². The second kappa shape index (κ2) is 5.63. The van der Waals surface area contributed by atoms with Gasteiger partial charge in [-0.3, -0.25) is 5.10 Å². The lowest BCUT2D eigenvalue weighted by molar-refractivity contribution is 0.626. The molecule has 1 heterocycles. The van der Waals surface area contributed by atoms with Crippen LogP contribution in [0.1, 0.15) is 17.4 Å². The van der Waals surface area contributed by atoms with E-state index >= 15 is 0 Å². The zero-order chi connectivity index (χ0) is 14.8. The van der Waals surface area contributed by atoms with Gasteiger partial charge >= 0.3 is 0 Å². The average Bonchev–Trinajstić information content (AvgIpc) is 2.97. The van der Waals surface area contributed by atoms with Crippen molar-refractivity contribution in [3.63, 3.8) is 0 Å². The number of benzene rings is 2. The summed E-state index contributed by atoms with van der Waals surface area (Å²) >= 11 is 5.95. The molecule has 3 rings (SSSR count). The molecule has 0 spiro atoms. The van der Waals surface area contributed by atoms with Gasteiger partial charge in [0.15, 0.2) is 5.82 Å². The summed E-state index contributed by atoms with van der Waals surface area (Å²) in [5, 5.41) is 7.57. The number of aromatic nitrogens is 3. The molecule has 3 N–H and O–H groups in total. The van der Waals surface area contributed by atoms with Crippen molar-refractivity contribution in [2.45, 2.75) is 6.04 Å². The molecule has 0 saturated heterocycles. The third kappa shape index (κ3) is 2.94. The minimum absolute atomic E-state index is 0.303. The molecule has 0 unspecified atom stereocenters. The lowest BCUT2D eigenvalue weighted by Gasteiger charge is -2.07. The number of H-pyrrole nitrogens is 1. The normalized spacial score (nSPS) is 12.3. The van der Waals surface area contributed by atoms with E-state index in [1.165, 1.54) is 12.1 Å². The van der Waals surface area contributed by atoms with Gasteiger partial charge in [-0.15, -0.1) is 0 Å².